The van der Waals surface area contributed by atoms with Gasteiger partial charge < -0.3 is 10.1 Å². The van der Waals surface area contributed by atoms with Crippen molar-refractivity contribution in [3.05, 3.63) is 66.2 Å². The molecule has 2 N–H and O–H groups in total. The van der Waals surface area contributed by atoms with Crippen LogP contribution in [0.25, 0.3) is 6.08 Å². The van der Waals surface area contributed by atoms with Crippen LogP contribution in [0.2, 0.25) is 0 Å². The third-order valence-electron chi connectivity index (χ3n) is 3.17. The molecule has 2 rings (SSSR count). The first-order chi connectivity index (χ1) is 12.0. The Hall–Kier alpha value is -2.66. The molecule has 1 amide bonds. The smallest absolute Gasteiger partial charge is 0.250 e. The van der Waals surface area contributed by atoms with Crippen LogP contribution in [0.4, 0.5) is 5.69 Å². The number of nitrogens with one attached hydrogen (secondary N) is 2. The second kappa shape index (κ2) is 9.59. The van der Waals surface area contributed by atoms with E-state index in [-0.39, 0.29) is 11.0 Å². The summed E-state index contributed by atoms with van der Waals surface area (Å²) in [5.41, 5.74) is 1.67. The standard InChI is InChI=1S/C20H22N2O2S/c1-15(2)14-24-18-11-7-6-10-17(18)21-20(25)22-19(23)13-12-16-8-4-3-5-9-16/h3-13,15H,14H2,1-2H3,(H2,21,22,23,25)/b13-12+. The first-order valence-electron chi connectivity index (χ1n) is 8.11. The number of hydrogen-bond donors (Lipinski definition) is 2. The lowest BCUT2D eigenvalue weighted by Gasteiger charge is -2.15. The lowest BCUT2D eigenvalue weighted by atomic mass is 10.2. The van der Waals surface area contributed by atoms with Gasteiger partial charge in [0.15, 0.2) is 5.11 Å². The largest absolute Gasteiger partial charge is 0.491 e. The minimum absolute atomic E-state index is 0.225. The van der Waals surface area contributed by atoms with E-state index in [1.165, 1.54) is 6.08 Å². The van der Waals surface area contributed by atoms with Crippen LogP contribution in [0.5, 0.6) is 5.75 Å². The van der Waals surface area contributed by atoms with Gasteiger partial charge in [-0.15, -0.1) is 0 Å². The van der Waals surface area contributed by atoms with Crippen molar-refractivity contribution in [1.29, 1.82) is 0 Å². The third kappa shape index (κ3) is 6.77. The molecule has 0 spiro atoms. The van der Waals surface area contributed by atoms with Crippen LogP contribution in [-0.2, 0) is 4.79 Å². The average molecular weight is 354 g/mol. The zero-order chi connectivity index (χ0) is 18.1. The van der Waals surface area contributed by atoms with Gasteiger partial charge in [-0.25, -0.2) is 0 Å². The molecule has 0 radical (unpaired) electrons. The van der Waals surface area contributed by atoms with Gasteiger partial charge in [0.1, 0.15) is 5.75 Å². The van der Waals surface area contributed by atoms with Crippen molar-refractivity contribution in [2.45, 2.75) is 13.8 Å². The zero-order valence-electron chi connectivity index (χ0n) is 14.4. The lowest BCUT2D eigenvalue weighted by Crippen LogP contribution is -2.33. The number of para-hydroxylation sites is 2. The summed E-state index contributed by atoms with van der Waals surface area (Å²) < 4.78 is 5.76. The second-order valence-electron chi connectivity index (χ2n) is 5.89. The summed E-state index contributed by atoms with van der Waals surface area (Å²) in [5, 5.41) is 5.86. The van der Waals surface area contributed by atoms with Gasteiger partial charge in [-0.05, 0) is 41.9 Å². The minimum atomic E-state index is -0.290. The normalized spacial score (nSPS) is 10.7. The van der Waals surface area contributed by atoms with Crippen molar-refractivity contribution in [1.82, 2.24) is 5.32 Å². The molecule has 0 aliphatic heterocycles. The number of rotatable bonds is 6. The van der Waals surface area contributed by atoms with Gasteiger partial charge in [0.2, 0.25) is 5.91 Å². The molecule has 2 aromatic carbocycles. The molecule has 0 fully saturated rings. The number of carbonyl (C=O) groups excluding carboxylic acids is 1. The Balaban J connectivity index is 1.91. The van der Waals surface area contributed by atoms with Crippen molar-refractivity contribution in [3.63, 3.8) is 0 Å². The highest BCUT2D eigenvalue weighted by atomic mass is 32.1. The van der Waals surface area contributed by atoms with E-state index >= 15 is 0 Å². The van der Waals surface area contributed by atoms with E-state index in [1.54, 1.807) is 6.08 Å². The third-order valence-corrected chi connectivity index (χ3v) is 3.38. The molecule has 0 aliphatic carbocycles. The van der Waals surface area contributed by atoms with Crippen LogP contribution in [0, 0.1) is 5.92 Å². The number of amides is 1. The van der Waals surface area contributed by atoms with Crippen LogP contribution in [-0.4, -0.2) is 17.6 Å². The van der Waals surface area contributed by atoms with E-state index in [0.29, 0.717) is 18.3 Å². The van der Waals surface area contributed by atoms with Gasteiger partial charge in [0.25, 0.3) is 0 Å². The van der Waals surface area contributed by atoms with Gasteiger partial charge in [0, 0.05) is 6.08 Å². The SMILES string of the molecule is CC(C)COc1ccccc1NC(=S)NC(=O)/C=C/c1ccccc1. The Bertz CT molecular complexity index is 742. The molecule has 4 nitrogen and oxygen atoms in total. The molecule has 0 saturated carbocycles. The first kappa shape index (κ1) is 18.7. The van der Waals surface area contributed by atoms with E-state index in [4.69, 9.17) is 17.0 Å². The van der Waals surface area contributed by atoms with Crippen LogP contribution in [0.3, 0.4) is 0 Å². The Morgan fingerprint density at radius 1 is 1.12 bits per heavy atom. The maximum absolute atomic E-state index is 12.0. The molecule has 130 valence electrons. The molecule has 0 heterocycles. The summed E-state index contributed by atoms with van der Waals surface area (Å²) in [7, 11) is 0. The molecule has 0 bridgehead atoms. The van der Waals surface area contributed by atoms with E-state index in [2.05, 4.69) is 24.5 Å². The van der Waals surface area contributed by atoms with Gasteiger partial charge in [-0.3, -0.25) is 10.1 Å². The summed E-state index contributed by atoms with van der Waals surface area (Å²) in [5.74, 6) is 0.831. The fourth-order valence-electron chi connectivity index (χ4n) is 2.00. The van der Waals surface area contributed by atoms with Crippen molar-refractivity contribution in [2.75, 3.05) is 11.9 Å². The average Bonchev–Trinajstić information content (AvgIpc) is 2.60. The summed E-state index contributed by atoms with van der Waals surface area (Å²) in [6.07, 6.45) is 3.18. The monoisotopic (exact) mass is 354 g/mol. The molecule has 25 heavy (non-hydrogen) atoms. The molecule has 5 heteroatoms. The van der Waals surface area contributed by atoms with Crippen molar-refractivity contribution >= 4 is 35.0 Å². The Morgan fingerprint density at radius 2 is 1.80 bits per heavy atom. The van der Waals surface area contributed by atoms with Crippen molar-refractivity contribution in [2.24, 2.45) is 5.92 Å². The van der Waals surface area contributed by atoms with Gasteiger partial charge in [0.05, 0.1) is 12.3 Å². The minimum Gasteiger partial charge on any atom is -0.491 e. The number of ether oxygens (including phenoxy) is 1. The lowest BCUT2D eigenvalue weighted by molar-refractivity contribution is -0.115. The fourth-order valence-corrected chi connectivity index (χ4v) is 2.21. The molecular weight excluding hydrogens is 332 g/mol. The maximum atomic E-state index is 12.0. The predicted octanol–water partition coefficient (Wildman–Crippen LogP) is 4.25. The molecule has 0 aromatic heterocycles. The van der Waals surface area contributed by atoms with E-state index in [9.17, 15) is 4.79 Å². The maximum Gasteiger partial charge on any atom is 0.250 e. The molecule has 2 aromatic rings. The van der Waals surface area contributed by atoms with Gasteiger partial charge in [-0.1, -0.05) is 56.3 Å². The Kier molecular flexibility index (Phi) is 7.16. The highest BCUT2D eigenvalue weighted by Crippen LogP contribution is 2.24. The van der Waals surface area contributed by atoms with Crippen molar-refractivity contribution in [3.8, 4) is 5.75 Å². The number of benzene rings is 2. The van der Waals surface area contributed by atoms with Crippen LogP contribution in [0.1, 0.15) is 19.4 Å². The van der Waals surface area contributed by atoms with E-state index in [1.807, 2.05) is 54.6 Å². The molecule has 0 atom stereocenters. The van der Waals surface area contributed by atoms with E-state index < -0.39 is 0 Å². The number of carbonyl (C=O) groups is 1. The molecule has 0 saturated heterocycles. The van der Waals surface area contributed by atoms with Gasteiger partial charge >= 0.3 is 0 Å². The summed E-state index contributed by atoms with van der Waals surface area (Å²) >= 11 is 5.21. The van der Waals surface area contributed by atoms with Crippen LogP contribution in [0.15, 0.2) is 60.7 Å². The number of thiocarbonyl (C=S) groups is 1. The highest BCUT2D eigenvalue weighted by molar-refractivity contribution is 7.80. The second-order valence-corrected chi connectivity index (χ2v) is 6.30. The fraction of sp³-hybridized carbons (Fsp3) is 0.200. The number of anilines is 1. The molecule has 0 aliphatic rings. The topological polar surface area (TPSA) is 50.4 Å². The van der Waals surface area contributed by atoms with Crippen molar-refractivity contribution < 1.29 is 9.53 Å². The predicted molar refractivity (Wildman–Crippen MR) is 107 cm³/mol. The van der Waals surface area contributed by atoms with E-state index in [0.717, 1.165) is 11.3 Å². The Labute approximate surface area is 153 Å². The summed E-state index contributed by atoms with van der Waals surface area (Å²) in [6, 6.07) is 17.1. The Morgan fingerprint density at radius 3 is 2.52 bits per heavy atom. The summed E-state index contributed by atoms with van der Waals surface area (Å²) in [6.45, 7) is 4.78. The van der Waals surface area contributed by atoms with Crippen LogP contribution >= 0.6 is 12.2 Å². The first-order valence-corrected chi connectivity index (χ1v) is 8.52. The van der Waals surface area contributed by atoms with Crippen LogP contribution < -0.4 is 15.4 Å². The summed E-state index contributed by atoms with van der Waals surface area (Å²) in [4.78, 5) is 12.0. The highest BCUT2D eigenvalue weighted by Gasteiger charge is 2.07. The molecule has 0 unspecified atom stereocenters. The zero-order valence-corrected chi connectivity index (χ0v) is 15.2. The molecular formula is C20H22N2O2S. The van der Waals surface area contributed by atoms with Gasteiger partial charge in [-0.2, -0.15) is 0 Å². The number of hydrogen-bond acceptors (Lipinski definition) is 3. The quantitative estimate of drug-likeness (QED) is 0.601.